The van der Waals surface area contributed by atoms with Crippen molar-refractivity contribution in [2.75, 3.05) is 7.11 Å². The minimum atomic E-state index is 0.191. The van der Waals surface area contributed by atoms with Gasteiger partial charge in [-0.25, -0.2) is 0 Å². The second-order valence-electron chi connectivity index (χ2n) is 2.27. The molecule has 0 bridgehead atoms. The lowest BCUT2D eigenvalue weighted by atomic mass is 10.2. The summed E-state index contributed by atoms with van der Waals surface area (Å²) < 4.78 is 4.94. The molecule has 0 spiro atoms. The monoisotopic (exact) mass is 202 g/mol. The number of aromatic hydroxyl groups is 1. The number of ether oxygens (including phenoxy) is 1. The van der Waals surface area contributed by atoms with E-state index in [2.05, 4.69) is 0 Å². The molecule has 74 valence electrons. The Kier molecular flexibility index (Phi) is 5.31. The van der Waals surface area contributed by atoms with E-state index in [0.29, 0.717) is 10.8 Å². The summed E-state index contributed by atoms with van der Waals surface area (Å²) in [6, 6.07) is 3.16. The highest BCUT2D eigenvalue weighted by molar-refractivity contribution is 6.32. The summed E-state index contributed by atoms with van der Waals surface area (Å²) in [6.07, 6.45) is 0. The molecule has 13 heavy (non-hydrogen) atoms. The molecule has 0 radical (unpaired) electrons. The number of hydrogen-bond donors (Lipinski definition) is 1. The maximum absolute atomic E-state index is 9.18. The van der Waals surface area contributed by atoms with Gasteiger partial charge in [0.15, 0.2) is 0 Å². The molecule has 0 aromatic heterocycles. The number of rotatable bonds is 1. The molecule has 2 nitrogen and oxygen atoms in total. The van der Waals surface area contributed by atoms with Gasteiger partial charge in [0, 0.05) is 6.07 Å². The highest BCUT2D eigenvalue weighted by atomic mass is 35.5. The van der Waals surface area contributed by atoms with Crippen molar-refractivity contribution >= 4 is 11.6 Å². The molecule has 0 unspecified atom stereocenters. The van der Waals surface area contributed by atoms with Gasteiger partial charge in [-0.3, -0.25) is 0 Å². The van der Waals surface area contributed by atoms with E-state index in [-0.39, 0.29) is 5.75 Å². The molecule has 1 N–H and O–H groups in total. The third-order valence-corrected chi connectivity index (χ3v) is 1.77. The summed E-state index contributed by atoms with van der Waals surface area (Å²) in [6.45, 7) is 5.79. The number of methoxy groups -OCH3 is 1. The van der Waals surface area contributed by atoms with Crippen LogP contribution in [0.4, 0.5) is 0 Å². The molecule has 1 aromatic rings. The zero-order valence-electron chi connectivity index (χ0n) is 8.39. The van der Waals surface area contributed by atoms with Crippen LogP contribution >= 0.6 is 11.6 Å². The number of aryl methyl sites for hydroxylation is 1. The van der Waals surface area contributed by atoms with E-state index in [1.54, 1.807) is 13.0 Å². The molecule has 0 aliphatic heterocycles. The van der Waals surface area contributed by atoms with Gasteiger partial charge in [-0.05, 0) is 18.6 Å². The van der Waals surface area contributed by atoms with E-state index < -0.39 is 0 Å². The highest BCUT2D eigenvalue weighted by Gasteiger charge is 2.03. The Morgan fingerprint density at radius 2 is 1.85 bits per heavy atom. The van der Waals surface area contributed by atoms with E-state index in [9.17, 15) is 5.11 Å². The number of hydrogen-bond acceptors (Lipinski definition) is 2. The SMILES string of the molecule is CC.COc1cc(C)c(O)cc1Cl. The molecule has 0 saturated carbocycles. The molecule has 0 fully saturated rings. The molecule has 0 aliphatic carbocycles. The smallest absolute Gasteiger partial charge is 0.137 e. The largest absolute Gasteiger partial charge is 0.508 e. The lowest BCUT2D eigenvalue weighted by molar-refractivity contribution is 0.411. The van der Waals surface area contributed by atoms with Crippen molar-refractivity contribution in [3.63, 3.8) is 0 Å². The predicted molar refractivity (Wildman–Crippen MR) is 55.8 cm³/mol. The normalized spacial score (nSPS) is 8.69. The Balaban J connectivity index is 0.000000671. The summed E-state index contributed by atoms with van der Waals surface area (Å²) in [5.74, 6) is 0.776. The third kappa shape index (κ3) is 3.15. The summed E-state index contributed by atoms with van der Waals surface area (Å²) in [5, 5.41) is 9.61. The standard InChI is InChI=1S/C8H9ClO2.C2H6/c1-5-3-8(11-2)6(9)4-7(5)10;1-2/h3-4,10H,1-2H3;1-2H3. The minimum Gasteiger partial charge on any atom is -0.508 e. The Bertz CT molecular complexity index is 272. The molecule has 1 aromatic carbocycles. The summed E-state index contributed by atoms with van der Waals surface area (Å²) in [5.41, 5.74) is 0.756. The first kappa shape index (κ1) is 12.1. The Morgan fingerprint density at radius 1 is 1.31 bits per heavy atom. The van der Waals surface area contributed by atoms with E-state index in [4.69, 9.17) is 16.3 Å². The van der Waals surface area contributed by atoms with Crippen LogP contribution in [0.25, 0.3) is 0 Å². The molecular formula is C10H15ClO2. The number of phenols is 1. The van der Waals surface area contributed by atoms with Crippen LogP contribution in [0, 0.1) is 6.92 Å². The summed E-state index contributed by atoms with van der Waals surface area (Å²) >= 11 is 5.72. The van der Waals surface area contributed by atoms with Crippen LogP contribution in [0.3, 0.4) is 0 Å². The molecule has 0 atom stereocenters. The molecule has 0 amide bonds. The zero-order valence-corrected chi connectivity index (χ0v) is 9.14. The second kappa shape index (κ2) is 5.70. The topological polar surface area (TPSA) is 29.5 Å². The van der Waals surface area contributed by atoms with E-state index in [0.717, 1.165) is 5.56 Å². The van der Waals surface area contributed by atoms with Gasteiger partial charge in [0.05, 0.1) is 12.1 Å². The van der Waals surface area contributed by atoms with Crippen LogP contribution in [0.2, 0.25) is 5.02 Å². The van der Waals surface area contributed by atoms with Gasteiger partial charge in [0.1, 0.15) is 11.5 Å². The zero-order chi connectivity index (χ0) is 10.4. The lowest BCUT2D eigenvalue weighted by Gasteiger charge is -2.04. The summed E-state index contributed by atoms with van der Waals surface area (Å²) in [4.78, 5) is 0. The van der Waals surface area contributed by atoms with Gasteiger partial charge in [-0.15, -0.1) is 0 Å². The predicted octanol–water partition coefficient (Wildman–Crippen LogP) is 3.39. The van der Waals surface area contributed by atoms with Gasteiger partial charge in [0.2, 0.25) is 0 Å². The van der Waals surface area contributed by atoms with Gasteiger partial charge >= 0.3 is 0 Å². The maximum Gasteiger partial charge on any atom is 0.137 e. The van der Waals surface area contributed by atoms with Gasteiger partial charge in [0.25, 0.3) is 0 Å². The van der Waals surface area contributed by atoms with Crippen LogP contribution in [-0.4, -0.2) is 12.2 Å². The first-order valence-electron chi connectivity index (χ1n) is 4.18. The van der Waals surface area contributed by atoms with Crippen LogP contribution in [-0.2, 0) is 0 Å². The Labute approximate surface area is 84.1 Å². The van der Waals surface area contributed by atoms with Crippen LogP contribution in [0.15, 0.2) is 12.1 Å². The van der Waals surface area contributed by atoms with Gasteiger partial charge in [-0.1, -0.05) is 25.4 Å². The van der Waals surface area contributed by atoms with Gasteiger partial charge < -0.3 is 9.84 Å². The third-order valence-electron chi connectivity index (χ3n) is 1.47. The Hall–Kier alpha value is -0.890. The van der Waals surface area contributed by atoms with Crippen molar-refractivity contribution < 1.29 is 9.84 Å². The molecule has 0 heterocycles. The number of phenolic OH excluding ortho intramolecular Hbond substituents is 1. The van der Waals surface area contributed by atoms with Crippen molar-refractivity contribution in [3.05, 3.63) is 22.7 Å². The summed E-state index contributed by atoms with van der Waals surface area (Å²) in [7, 11) is 1.54. The fourth-order valence-electron chi connectivity index (χ4n) is 0.801. The molecule has 0 saturated heterocycles. The van der Waals surface area contributed by atoms with Gasteiger partial charge in [-0.2, -0.15) is 0 Å². The number of benzene rings is 1. The quantitative estimate of drug-likeness (QED) is 0.757. The molecular weight excluding hydrogens is 188 g/mol. The number of halogens is 1. The first-order valence-corrected chi connectivity index (χ1v) is 4.56. The average molecular weight is 203 g/mol. The maximum atomic E-state index is 9.18. The van der Waals surface area contributed by atoms with Crippen LogP contribution < -0.4 is 4.74 Å². The minimum absolute atomic E-state index is 0.191. The molecule has 1 rings (SSSR count). The van der Waals surface area contributed by atoms with Crippen LogP contribution in [0.5, 0.6) is 11.5 Å². The molecule has 3 heteroatoms. The average Bonchev–Trinajstić information content (AvgIpc) is 2.15. The fourth-order valence-corrected chi connectivity index (χ4v) is 1.04. The van der Waals surface area contributed by atoms with Crippen molar-refractivity contribution in [3.8, 4) is 11.5 Å². The van der Waals surface area contributed by atoms with E-state index in [1.807, 2.05) is 13.8 Å². The van der Waals surface area contributed by atoms with E-state index >= 15 is 0 Å². The lowest BCUT2D eigenvalue weighted by Crippen LogP contribution is -1.85. The van der Waals surface area contributed by atoms with Crippen molar-refractivity contribution in [1.82, 2.24) is 0 Å². The Morgan fingerprint density at radius 3 is 2.31 bits per heavy atom. The van der Waals surface area contributed by atoms with Crippen molar-refractivity contribution in [2.24, 2.45) is 0 Å². The van der Waals surface area contributed by atoms with Crippen LogP contribution in [0.1, 0.15) is 19.4 Å². The highest BCUT2D eigenvalue weighted by Crippen LogP contribution is 2.30. The second-order valence-corrected chi connectivity index (χ2v) is 2.68. The first-order chi connectivity index (χ1) is 6.15. The van der Waals surface area contributed by atoms with Crippen molar-refractivity contribution in [1.29, 1.82) is 0 Å². The van der Waals surface area contributed by atoms with E-state index in [1.165, 1.54) is 13.2 Å². The molecule has 0 aliphatic rings. The fraction of sp³-hybridized carbons (Fsp3) is 0.400. The van der Waals surface area contributed by atoms with Crippen molar-refractivity contribution in [2.45, 2.75) is 20.8 Å².